The SMILES string of the molecule is CC[C@H](C)NC(=O)[C@@H](Cc1ccccc1)N(Cc1ccccc1C)C(=O)CN(c1ccc(Cl)c(C(F)(F)F)c1)S(C)(=O)=O. The van der Waals surface area contributed by atoms with E-state index in [-0.39, 0.29) is 24.7 Å². The molecule has 12 heteroatoms. The lowest BCUT2D eigenvalue weighted by Gasteiger charge is -2.34. The van der Waals surface area contributed by atoms with E-state index in [1.807, 2.05) is 51.1 Å². The topological polar surface area (TPSA) is 86.8 Å². The van der Waals surface area contributed by atoms with Crippen molar-refractivity contribution in [2.45, 2.75) is 58.4 Å². The maximum absolute atomic E-state index is 14.1. The van der Waals surface area contributed by atoms with Crippen LogP contribution in [0.25, 0.3) is 0 Å². The second kappa shape index (κ2) is 14.3. The van der Waals surface area contributed by atoms with Crippen molar-refractivity contribution in [3.63, 3.8) is 0 Å². The number of sulfonamides is 1. The lowest BCUT2D eigenvalue weighted by atomic mass is 10.0. The van der Waals surface area contributed by atoms with Gasteiger partial charge in [-0.15, -0.1) is 0 Å². The highest BCUT2D eigenvalue weighted by molar-refractivity contribution is 7.92. The second-order valence-electron chi connectivity index (χ2n) is 10.4. The van der Waals surface area contributed by atoms with Crippen LogP contribution in [0, 0.1) is 6.92 Å². The number of nitrogens with one attached hydrogen (secondary N) is 1. The van der Waals surface area contributed by atoms with Gasteiger partial charge in [0.25, 0.3) is 0 Å². The Hall–Kier alpha value is -3.57. The van der Waals surface area contributed by atoms with Gasteiger partial charge >= 0.3 is 6.18 Å². The zero-order valence-electron chi connectivity index (χ0n) is 24.4. The van der Waals surface area contributed by atoms with Crippen molar-refractivity contribution in [2.75, 3.05) is 17.1 Å². The van der Waals surface area contributed by atoms with Crippen LogP contribution in [0.3, 0.4) is 0 Å². The Balaban J connectivity index is 2.12. The van der Waals surface area contributed by atoms with E-state index in [0.29, 0.717) is 16.8 Å². The van der Waals surface area contributed by atoms with Crippen LogP contribution in [-0.2, 0) is 38.8 Å². The van der Waals surface area contributed by atoms with Gasteiger partial charge in [-0.05, 0) is 55.2 Å². The number of hydrogen-bond donors (Lipinski definition) is 1. The van der Waals surface area contributed by atoms with Crippen molar-refractivity contribution in [2.24, 2.45) is 0 Å². The van der Waals surface area contributed by atoms with Gasteiger partial charge in [-0.1, -0.05) is 73.1 Å². The quantitative estimate of drug-likeness (QED) is 0.264. The molecule has 0 bridgehead atoms. The predicted octanol–water partition coefficient (Wildman–Crippen LogP) is 5.99. The number of amides is 2. The number of rotatable bonds is 12. The fourth-order valence-corrected chi connectivity index (χ4v) is 5.53. The monoisotopic (exact) mass is 637 g/mol. The summed E-state index contributed by atoms with van der Waals surface area (Å²) < 4.78 is 67.2. The highest BCUT2D eigenvalue weighted by atomic mass is 35.5. The molecule has 0 unspecified atom stereocenters. The largest absolute Gasteiger partial charge is 0.417 e. The second-order valence-corrected chi connectivity index (χ2v) is 12.7. The highest BCUT2D eigenvalue weighted by Crippen LogP contribution is 2.37. The average molecular weight is 638 g/mol. The van der Waals surface area contributed by atoms with Crippen molar-refractivity contribution < 1.29 is 31.2 Å². The van der Waals surface area contributed by atoms with E-state index in [1.165, 1.54) is 4.90 Å². The third-order valence-corrected chi connectivity index (χ3v) is 8.57. The van der Waals surface area contributed by atoms with Gasteiger partial charge in [0, 0.05) is 19.0 Å². The number of aryl methyl sites for hydroxylation is 1. The van der Waals surface area contributed by atoms with Crippen molar-refractivity contribution >= 4 is 39.1 Å². The van der Waals surface area contributed by atoms with Gasteiger partial charge in [-0.2, -0.15) is 13.2 Å². The zero-order valence-corrected chi connectivity index (χ0v) is 25.9. The summed E-state index contributed by atoms with van der Waals surface area (Å²) in [5.41, 5.74) is 0.712. The first-order chi connectivity index (χ1) is 20.1. The fraction of sp³-hybridized carbons (Fsp3) is 0.355. The number of anilines is 1. The smallest absolute Gasteiger partial charge is 0.352 e. The molecule has 0 heterocycles. The fourth-order valence-electron chi connectivity index (χ4n) is 4.47. The summed E-state index contributed by atoms with van der Waals surface area (Å²) in [5.74, 6) is -1.20. The Bertz CT molecular complexity index is 1530. The molecule has 0 spiro atoms. The van der Waals surface area contributed by atoms with Gasteiger partial charge in [-0.25, -0.2) is 8.42 Å². The van der Waals surface area contributed by atoms with E-state index in [2.05, 4.69) is 5.32 Å². The minimum atomic E-state index is -4.86. The number of benzene rings is 3. The summed E-state index contributed by atoms with van der Waals surface area (Å²) >= 11 is 5.76. The number of carbonyl (C=O) groups excluding carboxylic acids is 2. The summed E-state index contributed by atoms with van der Waals surface area (Å²) in [6.45, 7) is 4.70. The molecule has 0 aliphatic heterocycles. The molecule has 0 aliphatic carbocycles. The van der Waals surface area contributed by atoms with Crippen molar-refractivity contribution in [3.05, 3.63) is 100 Å². The number of hydrogen-bond acceptors (Lipinski definition) is 4. The lowest BCUT2D eigenvalue weighted by molar-refractivity contribution is -0.140. The van der Waals surface area contributed by atoms with E-state index in [4.69, 9.17) is 11.6 Å². The van der Waals surface area contributed by atoms with Gasteiger partial charge in [0.1, 0.15) is 12.6 Å². The first kappa shape index (κ1) is 33.9. The highest BCUT2D eigenvalue weighted by Gasteiger charge is 2.36. The molecule has 0 saturated heterocycles. The molecule has 0 aliphatic rings. The van der Waals surface area contributed by atoms with E-state index in [0.717, 1.165) is 35.1 Å². The average Bonchev–Trinajstić information content (AvgIpc) is 2.94. The van der Waals surface area contributed by atoms with Gasteiger partial charge in [-0.3, -0.25) is 13.9 Å². The maximum atomic E-state index is 14.1. The Labute approximate surface area is 255 Å². The molecular weight excluding hydrogens is 603 g/mol. The van der Waals surface area contributed by atoms with E-state index in [1.54, 1.807) is 24.3 Å². The van der Waals surface area contributed by atoms with Gasteiger partial charge in [0.05, 0.1) is 22.5 Å². The molecule has 1 N–H and O–H groups in total. The molecule has 7 nitrogen and oxygen atoms in total. The van der Waals surface area contributed by atoms with Crippen LogP contribution in [0.5, 0.6) is 0 Å². The van der Waals surface area contributed by atoms with Crippen LogP contribution in [0.15, 0.2) is 72.8 Å². The minimum Gasteiger partial charge on any atom is -0.352 e. The summed E-state index contributed by atoms with van der Waals surface area (Å²) in [7, 11) is -4.26. The van der Waals surface area contributed by atoms with Gasteiger partial charge in [0.15, 0.2) is 0 Å². The standard InChI is InChI=1S/C31H35ClF3N3O4S/c1-5-22(3)36-30(40)28(17-23-12-7-6-8-13-23)37(19-24-14-10-9-11-21(24)2)29(39)20-38(43(4,41)42)25-15-16-27(32)26(18-25)31(33,34)35/h6-16,18,22,28H,5,17,19-20H2,1-4H3,(H,36,40)/t22-,28+/m0/s1. The van der Waals surface area contributed by atoms with Gasteiger partial charge < -0.3 is 10.2 Å². The van der Waals surface area contributed by atoms with Gasteiger partial charge in [0.2, 0.25) is 21.8 Å². The van der Waals surface area contributed by atoms with Crippen molar-refractivity contribution in [1.29, 1.82) is 0 Å². The van der Waals surface area contributed by atoms with Crippen molar-refractivity contribution in [1.82, 2.24) is 10.2 Å². The third-order valence-electron chi connectivity index (χ3n) is 7.10. The molecular formula is C31H35ClF3N3O4S. The van der Waals surface area contributed by atoms with Crippen LogP contribution < -0.4 is 9.62 Å². The Kier molecular flexibility index (Phi) is 11.3. The molecule has 2 amide bonds. The molecule has 0 aromatic heterocycles. The number of halogens is 4. The molecule has 3 aromatic carbocycles. The summed E-state index contributed by atoms with van der Waals surface area (Å²) in [6.07, 6.45) is -3.30. The van der Waals surface area contributed by atoms with Crippen LogP contribution in [-0.4, -0.2) is 50.0 Å². The first-order valence-electron chi connectivity index (χ1n) is 13.6. The third kappa shape index (κ3) is 9.21. The molecule has 2 atom stereocenters. The number of carbonyl (C=O) groups is 2. The minimum absolute atomic E-state index is 0.0387. The van der Waals surface area contributed by atoms with E-state index < -0.39 is 51.2 Å². The van der Waals surface area contributed by atoms with Crippen LogP contribution >= 0.6 is 11.6 Å². The molecule has 3 aromatic rings. The molecule has 232 valence electrons. The molecule has 43 heavy (non-hydrogen) atoms. The summed E-state index contributed by atoms with van der Waals surface area (Å²) in [6, 6.07) is 17.7. The molecule has 0 fully saturated rings. The molecule has 3 rings (SSSR count). The lowest BCUT2D eigenvalue weighted by Crippen LogP contribution is -2.54. The molecule has 0 radical (unpaired) electrons. The zero-order chi connectivity index (χ0) is 31.9. The Morgan fingerprint density at radius 2 is 1.63 bits per heavy atom. The molecule has 0 saturated carbocycles. The summed E-state index contributed by atoms with van der Waals surface area (Å²) in [5, 5.41) is 2.32. The number of nitrogens with zero attached hydrogens (tertiary/aromatic N) is 2. The van der Waals surface area contributed by atoms with Crippen LogP contribution in [0.2, 0.25) is 5.02 Å². The summed E-state index contributed by atoms with van der Waals surface area (Å²) in [4.78, 5) is 29.1. The maximum Gasteiger partial charge on any atom is 0.417 e. The Morgan fingerprint density at radius 1 is 1.00 bits per heavy atom. The van der Waals surface area contributed by atoms with Crippen LogP contribution in [0.1, 0.15) is 42.5 Å². The number of alkyl halides is 3. The first-order valence-corrected chi connectivity index (χ1v) is 15.9. The normalized spacial score (nSPS) is 13.2. The van der Waals surface area contributed by atoms with E-state index in [9.17, 15) is 31.2 Å². The van der Waals surface area contributed by atoms with Crippen molar-refractivity contribution in [3.8, 4) is 0 Å². The van der Waals surface area contributed by atoms with E-state index >= 15 is 0 Å². The predicted molar refractivity (Wildman–Crippen MR) is 162 cm³/mol. The Morgan fingerprint density at radius 3 is 2.21 bits per heavy atom. The van der Waals surface area contributed by atoms with Crippen LogP contribution in [0.4, 0.5) is 18.9 Å².